The second-order valence-corrected chi connectivity index (χ2v) is 3.48. The zero-order chi connectivity index (χ0) is 7.84. The molecule has 1 unspecified atom stereocenters. The van der Waals surface area contributed by atoms with Gasteiger partial charge in [0.1, 0.15) is 0 Å². The fourth-order valence-electron chi connectivity index (χ4n) is 1.28. The van der Waals surface area contributed by atoms with Gasteiger partial charge in [0.15, 0.2) is 0 Å². The Bertz CT molecular complexity index is 276. The van der Waals surface area contributed by atoms with Crippen LogP contribution in [0.2, 0.25) is 0 Å². The molecule has 1 heterocycles. The number of hydrogen-bond acceptors (Lipinski definition) is 3. The molecular weight excluding hydrogens is 156 g/mol. The van der Waals surface area contributed by atoms with E-state index in [4.69, 9.17) is 0 Å². The Morgan fingerprint density at radius 1 is 1.45 bits per heavy atom. The first-order chi connectivity index (χ1) is 5.29. The van der Waals surface area contributed by atoms with Crippen molar-refractivity contribution >= 4 is 17.8 Å². The normalized spacial score (nSPS) is 28.9. The summed E-state index contributed by atoms with van der Waals surface area (Å²) in [6.07, 6.45) is 4.27. The molecule has 0 aromatic carbocycles. The Balaban J connectivity index is 2.42. The molecule has 1 aliphatic heterocycles. The second-order valence-electron chi connectivity index (χ2n) is 2.88. The lowest BCUT2D eigenvalue weighted by Crippen LogP contribution is -2.30. The number of nitrogens with zero attached hydrogens (tertiary/aromatic N) is 1. The van der Waals surface area contributed by atoms with Gasteiger partial charge in [-0.15, -0.1) is 0 Å². The minimum Gasteiger partial charge on any atom is -0.231 e. The Morgan fingerprint density at radius 3 is 3.00 bits per heavy atom. The summed E-state index contributed by atoms with van der Waals surface area (Å²) in [6.45, 7) is 4.23. The van der Waals surface area contributed by atoms with Gasteiger partial charge >= 0.3 is 0 Å². The zero-order valence-corrected chi connectivity index (χ0v) is 7.40. The Hall–Kier alpha value is -0.540. The summed E-state index contributed by atoms with van der Waals surface area (Å²) in [4.78, 5) is 0. The number of rotatable bonds is 0. The van der Waals surface area contributed by atoms with Crippen LogP contribution in [0.4, 0.5) is 0 Å². The molecule has 2 aliphatic rings. The van der Waals surface area contributed by atoms with Crippen molar-refractivity contribution in [3.63, 3.8) is 0 Å². The molecule has 0 fully saturated rings. The van der Waals surface area contributed by atoms with E-state index in [1.165, 1.54) is 29.0 Å². The molecule has 1 N–H and O–H groups in total. The summed E-state index contributed by atoms with van der Waals surface area (Å²) in [7, 11) is 0. The van der Waals surface area contributed by atoms with Crippen molar-refractivity contribution < 1.29 is 0 Å². The second kappa shape index (κ2) is 2.50. The van der Waals surface area contributed by atoms with Crippen molar-refractivity contribution in [2.75, 3.05) is 0 Å². The van der Waals surface area contributed by atoms with Gasteiger partial charge in [0.2, 0.25) is 0 Å². The Labute approximate surface area is 70.7 Å². The molecule has 11 heavy (non-hydrogen) atoms. The van der Waals surface area contributed by atoms with Crippen LogP contribution in [0.15, 0.2) is 27.7 Å². The molecule has 58 valence electrons. The highest BCUT2D eigenvalue weighted by Crippen LogP contribution is 2.24. The molecule has 0 bridgehead atoms. The van der Waals surface area contributed by atoms with Crippen molar-refractivity contribution in [2.24, 2.45) is 4.40 Å². The molecule has 2 rings (SSSR count). The van der Waals surface area contributed by atoms with Gasteiger partial charge in [0.25, 0.3) is 0 Å². The van der Waals surface area contributed by atoms with Gasteiger partial charge in [0.05, 0.1) is 23.9 Å². The van der Waals surface area contributed by atoms with Crippen LogP contribution in [0.1, 0.15) is 13.8 Å². The Morgan fingerprint density at radius 2 is 2.27 bits per heavy atom. The molecule has 0 saturated carbocycles. The highest BCUT2D eigenvalue weighted by Gasteiger charge is 2.25. The molecule has 0 aromatic rings. The van der Waals surface area contributed by atoms with E-state index in [9.17, 15) is 0 Å². The first-order valence-corrected chi connectivity index (χ1v) is 4.41. The van der Waals surface area contributed by atoms with Crippen LogP contribution in [-0.4, -0.2) is 11.8 Å². The van der Waals surface area contributed by atoms with E-state index in [2.05, 4.69) is 35.1 Å². The maximum Gasteiger partial charge on any atom is 0.0830 e. The first kappa shape index (κ1) is 7.13. The first-order valence-electron chi connectivity index (χ1n) is 3.64. The van der Waals surface area contributed by atoms with Gasteiger partial charge < -0.3 is 0 Å². The fraction of sp³-hybridized carbons (Fsp3) is 0.375. The predicted molar refractivity (Wildman–Crippen MR) is 49.5 cm³/mol. The highest BCUT2D eigenvalue weighted by atomic mass is 32.2. The van der Waals surface area contributed by atoms with Gasteiger partial charge in [-0.1, -0.05) is 12.2 Å². The van der Waals surface area contributed by atoms with Crippen LogP contribution in [0.3, 0.4) is 0 Å². The fourth-order valence-corrected chi connectivity index (χ4v) is 2.09. The summed E-state index contributed by atoms with van der Waals surface area (Å²) in [5, 5.41) is 0. The standard InChI is InChI=1S/C8H10N2S/c1-5-3-4-6(2)8-7(5)9-11-10-8/h3-4,7,9H,1-2H3. The maximum absolute atomic E-state index is 4.30. The average molecular weight is 166 g/mol. The van der Waals surface area contributed by atoms with E-state index in [1.54, 1.807) is 0 Å². The van der Waals surface area contributed by atoms with Crippen LogP contribution in [0, 0.1) is 0 Å². The SMILES string of the molecule is CC1=CC=C(C)C2NSN=C12. The maximum atomic E-state index is 4.30. The molecule has 0 spiro atoms. The molecule has 0 radical (unpaired) electrons. The van der Waals surface area contributed by atoms with E-state index in [0.29, 0.717) is 6.04 Å². The molecule has 0 saturated heterocycles. The third-order valence-corrected chi connectivity index (χ3v) is 2.67. The average Bonchev–Trinajstić information content (AvgIpc) is 2.45. The van der Waals surface area contributed by atoms with Crippen LogP contribution in [0.25, 0.3) is 0 Å². The van der Waals surface area contributed by atoms with Gasteiger partial charge in [0, 0.05) is 0 Å². The van der Waals surface area contributed by atoms with Crippen molar-refractivity contribution in [3.8, 4) is 0 Å². The summed E-state index contributed by atoms with van der Waals surface area (Å²) < 4.78 is 7.54. The largest absolute Gasteiger partial charge is 0.231 e. The molecule has 2 nitrogen and oxygen atoms in total. The number of allylic oxidation sites excluding steroid dienone is 2. The van der Waals surface area contributed by atoms with E-state index in [0.717, 1.165) is 0 Å². The van der Waals surface area contributed by atoms with Crippen molar-refractivity contribution in [1.29, 1.82) is 0 Å². The van der Waals surface area contributed by atoms with Crippen LogP contribution in [0.5, 0.6) is 0 Å². The van der Waals surface area contributed by atoms with Gasteiger partial charge in [-0.2, -0.15) is 0 Å². The van der Waals surface area contributed by atoms with E-state index < -0.39 is 0 Å². The van der Waals surface area contributed by atoms with E-state index in [1.807, 2.05) is 0 Å². The highest BCUT2D eigenvalue weighted by molar-refractivity contribution is 7.96. The molecule has 1 aliphatic carbocycles. The Kier molecular flexibility index (Phi) is 1.62. The van der Waals surface area contributed by atoms with Gasteiger partial charge in [-0.25, -0.2) is 9.12 Å². The van der Waals surface area contributed by atoms with Gasteiger partial charge in [-0.3, -0.25) is 0 Å². The molecule has 0 amide bonds. The third kappa shape index (κ3) is 1.04. The summed E-state index contributed by atoms with van der Waals surface area (Å²) in [5.41, 5.74) is 3.81. The van der Waals surface area contributed by atoms with E-state index in [-0.39, 0.29) is 0 Å². The summed E-state index contributed by atoms with van der Waals surface area (Å²) in [5.74, 6) is 0. The summed E-state index contributed by atoms with van der Waals surface area (Å²) in [6, 6.07) is 0.366. The smallest absolute Gasteiger partial charge is 0.0830 e. The number of fused-ring (bicyclic) bond motifs is 1. The molecule has 3 heteroatoms. The minimum atomic E-state index is 0.366. The third-order valence-electron chi connectivity index (χ3n) is 2.04. The molecule has 0 aromatic heterocycles. The van der Waals surface area contributed by atoms with Crippen LogP contribution >= 0.6 is 12.1 Å². The minimum absolute atomic E-state index is 0.366. The van der Waals surface area contributed by atoms with Crippen molar-refractivity contribution in [3.05, 3.63) is 23.3 Å². The topological polar surface area (TPSA) is 24.4 Å². The number of nitrogens with one attached hydrogen (secondary N) is 1. The lowest BCUT2D eigenvalue weighted by atomic mass is 9.94. The lowest BCUT2D eigenvalue weighted by Gasteiger charge is -2.16. The lowest BCUT2D eigenvalue weighted by molar-refractivity contribution is 0.929. The van der Waals surface area contributed by atoms with E-state index >= 15 is 0 Å². The quantitative estimate of drug-likeness (QED) is 0.555. The van der Waals surface area contributed by atoms with Crippen molar-refractivity contribution in [1.82, 2.24) is 4.72 Å². The predicted octanol–water partition coefficient (Wildman–Crippen LogP) is 1.87. The van der Waals surface area contributed by atoms with Gasteiger partial charge in [-0.05, 0) is 25.0 Å². The van der Waals surface area contributed by atoms with Crippen LogP contribution in [-0.2, 0) is 0 Å². The number of hydrogen-bond donors (Lipinski definition) is 1. The molecule has 1 atom stereocenters. The monoisotopic (exact) mass is 166 g/mol. The summed E-state index contributed by atoms with van der Waals surface area (Å²) >= 11 is 1.44. The molecular formula is C8H10N2S. The zero-order valence-electron chi connectivity index (χ0n) is 6.59. The van der Waals surface area contributed by atoms with Crippen molar-refractivity contribution in [2.45, 2.75) is 19.9 Å². The van der Waals surface area contributed by atoms with Crippen LogP contribution < -0.4 is 4.72 Å².